The number of nitrogens with zero attached hydrogens (tertiary/aromatic N) is 1. The maximum absolute atomic E-state index is 9.77. The molecule has 1 unspecified atom stereocenters. The lowest BCUT2D eigenvalue weighted by atomic mass is 10.1. The molecule has 0 aliphatic carbocycles. The van der Waals surface area contributed by atoms with Crippen molar-refractivity contribution in [2.24, 2.45) is 0 Å². The predicted molar refractivity (Wildman–Crippen MR) is 70.9 cm³/mol. The number of rotatable bonds is 4. The molecule has 1 heterocycles. The number of nitrogens with one attached hydrogen (secondary N) is 1. The van der Waals surface area contributed by atoms with Gasteiger partial charge < -0.3 is 15.2 Å². The fourth-order valence-electron chi connectivity index (χ4n) is 1.77. The first-order chi connectivity index (χ1) is 8.70. The van der Waals surface area contributed by atoms with E-state index in [-0.39, 0.29) is 6.04 Å². The average molecular weight is 244 g/mol. The summed E-state index contributed by atoms with van der Waals surface area (Å²) in [7, 11) is 1.58. The number of ether oxygens (including phenoxy) is 1. The first-order valence-corrected chi connectivity index (χ1v) is 5.75. The molecule has 0 saturated carbocycles. The van der Waals surface area contributed by atoms with Crippen LogP contribution in [-0.2, 0) is 0 Å². The van der Waals surface area contributed by atoms with Gasteiger partial charge in [0.05, 0.1) is 25.0 Å². The Balaban J connectivity index is 2.11. The van der Waals surface area contributed by atoms with E-state index in [9.17, 15) is 5.11 Å². The van der Waals surface area contributed by atoms with E-state index in [1.807, 2.05) is 25.1 Å². The number of pyridine rings is 1. The molecule has 1 aromatic carbocycles. The van der Waals surface area contributed by atoms with Crippen LogP contribution in [0.4, 0.5) is 5.69 Å². The smallest absolute Gasteiger partial charge is 0.213 e. The largest absolute Gasteiger partial charge is 0.508 e. The van der Waals surface area contributed by atoms with E-state index < -0.39 is 0 Å². The minimum Gasteiger partial charge on any atom is -0.508 e. The summed E-state index contributed by atoms with van der Waals surface area (Å²) in [6, 6.07) is 11.0. The predicted octanol–water partition coefficient (Wildman–Crippen LogP) is 2.97. The van der Waals surface area contributed by atoms with Crippen LogP contribution in [-0.4, -0.2) is 17.2 Å². The highest BCUT2D eigenvalue weighted by Gasteiger charge is 2.09. The maximum atomic E-state index is 9.77. The second kappa shape index (κ2) is 5.40. The number of hydrogen-bond acceptors (Lipinski definition) is 4. The van der Waals surface area contributed by atoms with Crippen molar-refractivity contribution in [3.8, 4) is 11.6 Å². The monoisotopic (exact) mass is 244 g/mol. The molecule has 0 bridgehead atoms. The standard InChI is InChI=1S/C14H16N2O2/c1-10(12-5-3-4-6-13(12)17)16-11-7-8-14(18-2)15-9-11/h3-10,16-17H,1-2H3. The van der Waals surface area contributed by atoms with Crippen LogP contribution in [0.2, 0.25) is 0 Å². The van der Waals surface area contributed by atoms with Crippen molar-refractivity contribution in [1.29, 1.82) is 0 Å². The van der Waals surface area contributed by atoms with Crippen molar-refractivity contribution in [2.45, 2.75) is 13.0 Å². The van der Waals surface area contributed by atoms with Crippen molar-refractivity contribution in [3.63, 3.8) is 0 Å². The number of aromatic hydroxyl groups is 1. The van der Waals surface area contributed by atoms with Gasteiger partial charge in [0.15, 0.2) is 0 Å². The number of aromatic nitrogens is 1. The van der Waals surface area contributed by atoms with Crippen molar-refractivity contribution >= 4 is 5.69 Å². The molecule has 1 atom stereocenters. The lowest BCUT2D eigenvalue weighted by Crippen LogP contribution is -2.07. The molecule has 0 aliphatic heterocycles. The molecule has 18 heavy (non-hydrogen) atoms. The number of para-hydroxylation sites is 1. The van der Waals surface area contributed by atoms with Gasteiger partial charge in [-0.1, -0.05) is 18.2 Å². The second-order valence-corrected chi connectivity index (χ2v) is 4.01. The van der Waals surface area contributed by atoms with Gasteiger partial charge in [0.25, 0.3) is 0 Å². The molecule has 1 aromatic heterocycles. The Morgan fingerprint density at radius 3 is 2.61 bits per heavy atom. The van der Waals surface area contributed by atoms with Crippen LogP contribution < -0.4 is 10.1 Å². The van der Waals surface area contributed by atoms with E-state index in [1.165, 1.54) is 0 Å². The van der Waals surface area contributed by atoms with Gasteiger partial charge in [0.2, 0.25) is 5.88 Å². The number of phenols is 1. The Bertz CT molecular complexity index is 511. The highest BCUT2D eigenvalue weighted by Crippen LogP contribution is 2.26. The molecule has 0 saturated heterocycles. The van der Waals surface area contributed by atoms with Gasteiger partial charge in [-0.2, -0.15) is 0 Å². The first-order valence-electron chi connectivity index (χ1n) is 5.75. The molecule has 94 valence electrons. The number of phenolic OH excluding ortho intramolecular Hbond substituents is 1. The number of methoxy groups -OCH3 is 1. The van der Waals surface area contributed by atoms with Crippen molar-refractivity contribution < 1.29 is 9.84 Å². The summed E-state index contributed by atoms with van der Waals surface area (Å²) in [5, 5.41) is 13.0. The summed E-state index contributed by atoms with van der Waals surface area (Å²) in [5.74, 6) is 0.870. The lowest BCUT2D eigenvalue weighted by molar-refractivity contribution is 0.398. The zero-order chi connectivity index (χ0) is 13.0. The lowest BCUT2D eigenvalue weighted by Gasteiger charge is -2.16. The summed E-state index contributed by atoms with van der Waals surface area (Å²) < 4.78 is 5.00. The van der Waals surface area contributed by atoms with Gasteiger partial charge in [-0.25, -0.2) is 4.98 Å². The van der Waals surface area contributed by atoms with Gasteiger partial charge in [-0.15, -0.1) is 0 Å². The minimum atomic E-state index is 0.00129. The Labute approximate surface area is 106 Å². The van der Waals surface area contributed by atoms with Crippen LogP contribution in [0.15, 0.2) is 42.6 Å². The number of anilines is 1. The van der Waals surface area contributed by atoms with Gasteiger partial charge >= 0.3 is 0 Å². The van der Waals surface area contributed by atoms with Gasteiger partial charge in [0, 0.05) is 11.6 Å². The third-order valence-electron chi connectivity index (χ3n) is 2.73. The molecule has 2 rings (SSSR count). The Morgan fingerprint density at radius 1 is 1.22 bits per heavy atom. The fourth-order valence-corrected chi connectivity index (χ4v) is 1.77. The van der Waals surface area contributed by atoms with Crippen LogP contribution in [0, 0.1) is 0 Å². The van der Waals surface area contributed by atoms with Gasteiger partial charge in [-0.3, -0.25) is 0 Å². The Morgan fingerprint density at radius 2 is 2.00 bits per heavy atom. The molecular formula is C14H16N2O2. The third kappa shape index (κ3) is 2.71. The summed E-state index contributed by atoms with van der Waals surface area (Å²) in [6.07, 6.45) is 1.70. The molecule has 4 nitrogen and oxygen atoms in total. The average Bonchev–Trinajstić information content (AvgIpc) is 2.40. The van der Waals surface area contributed by atoms with E-state index in [2.05, 4.69) is 10.3 Å². The van der Waals surface area contributed by atoms with E-state index in [0.717, 1.165) is 11.3 Å². The molecule has 2 aromatic rings. The second-order valence-electron chi connectivity index (χ2n) is 4.01. The molecule has 0 fully saturated rings. The minimum absolute atomic E-state index is 0.00129. The maximum Gasteiger partial charge on any atom is 0.213 e. The molecule has 2 N–H and O–H groups in total. The fraction of sp³-hybridized carbons (Fsp3) is 0.214. The molecule has 4 heteroatoms. The third-order valence-corrected chi connectivity index (χ3v) is 2.73. The van der Waals surface area contributed by atoms with E-state index in [0.29, 0.717) is 11.6 Å². The highest BCUT2D eigenvalue weighted by molar-refractivity contribution is 5.46. The van der Waals surface area contributed by atoms with Crippen molar-refractivity contribution in [1.82, 2.24) is 4.98 Å². The first kappa shape index (κ1) is 12.2. The van der Waals surface area contributed by atoms with Crippen LogP contribution in [0.1, 0.15) is 18.5 Å². The molecule has 0 aliphatic rings. The van der Waals surface area contributed by atoms with Crippen LogP contribution in [0.25, 0.3) is 0 Å². The van der Waals surface area contributed by atoms with Gasteiger partial charge in [0.1, 0.15) is 5.75 Å². The van der Waals surface area contributed by atoms with Crippen LogP contribution in [0.5, 0.6) is 11.6 Å². The summed E-state index contributed by atoms with van der Waals surface area (Å²) in [4.78, 5) is 4.12. The normalized spacial score (nSPS) is 11.9. The molecule has 0 spiro atoms. The Hall–Kier alpha value is -2.23. The topological polar surface area (TPSA) is 54.4 Å². The van der Waals surface area contributed by atoms with Crippen LogP contribution in [0.3, 0.4) is 0 Å². The van der Waals surface area contributed by atoms with E-state index in [4.69, 9.17) is 4.74 Å². The van der Waals surface area contributed by atoms with E-state index in [1.54, 1.807) is 31.5 Å². The van der Waals surface area contributed by atoms with Crippen molar-refractivity contribution in [2.75, 3.05) is 12.4 Å². The van der Waals surface area contributed by atoms with E-state index >= 15 is 0 Å². The molecular weight excluding hydrogens is 228 g/mol. The summed E-state index contributed by atoms with van der Waals surface area (Å²) >= 11 is 0. The summed E-state index contributed by atoms with van der Waals surface area (Å²) in [6.45, 7) is 1.99. The molecule has 0 amide bonds. The SMILES string of the molecule is COc1ccc(NC(C)c2ccccc2O)cn1. The van der Waals surface area contributed by atoms with Gasteiger partial charge in [-0.05, 0) is 19.1 Å². The number of benzene rings is 1. The quantitative estimate of drug-likeness (QED) is 0.868. The number of hydrogen-bond donors (Lipinski definition) is 2. The zero-order valence-corrected chi connectivity index (χ0v) is 10.4. The zero-order valence-electron chi connectivity index (χ0n) is 10.4. The highest BCUT2D eigenvalue weighted by atomic mass is 16.5. The molecule has 0 radical (unpaired) electrons. The summed E-state index contributed by atoms with van der Waals surface area (Å²) in [5.41, 5.74) is 1.74. The van der Waals surface area contributed by atoms with Crippen LogP contribution >= 0.6 is 0 Å². The van der Waals surface area contributed by atoms with Crippen molar-refractivity contribution in [3.05, 3.63) is 48.2 Å². The Kier molecular flexibility index (Phi) is 3.67.